The predicted octanol–water partition coefficient (Wildman–Crippen LogP) is 0.863. The fraction of sp³-hybridized carbons (Fsp3) is 0.500. The summed E-state index contributed by atoms with van der Waals surface area (Å²) in [7, 11) is 0. The van der Waals surface area contributed by atoms with Gasteiger partial charge in [0.2, 0.25) is 0 Å². The molecule has 1 rings (SSSR count). The van der Waals surface area contributed by atoms with E-state index < -0.39 is 5.54 Å². The van der Waals surface area contributed by atoms with Crippen LogP contribution in [0.3, 0.4) is 0 Å². The SMILES string of the molecule is CCC(C)(CO)NC(=O)c1cc(N)cnc1C. The van der Waals surface area contributed by atoms with Gasteiger partial charge in [-0.25, -0.2) is 0 Å². The third-order valence-electron chi connectivity index (χ3n) is 2.90. The van der Waals surface area contributed by atoms with Gasteiger partial charge in [-0.15, -0.1) is 0 Å². The Balaban J connectivity index is 2.94. The van der Waals surface area contributed by atoms with Crippen molar-refractivity contribution in [2.75, 3.05) is 12.3 Å². The molecule has 0 aromatic carbocycles. The summed E-state index contributed by atoms with van der Waals surface area (Å²) in [6.07, 6.45) is 2.15. The maximum atomic E-state index is 12.0. The zero-order valence-electron chi connectivity index (χ0n) is 10.4. The van der Waals surface area contributed by atoms with Gasteiger partial charge in [0, 0.05) is 0 Å². The molecule has 0 aliphatic rings. The first-order valence-corrected chi connectivity index (χ1v) is 5.57. The van der Waals surface area contributed by atoms with Crippen molar-refractivity contribution in [1.29, 1.82) is 0 Å². The zero-order valence-corrected chi connectivity index (χ0v) is 10.4. The van der Waals surface area contributed by atoms with E-state index in [0.717, 1.165) is 0 Å². The van der Waals surface area contributed by atoms with Crippen molar-refractivity contribution >= 4 is 11.6 Å². The van der Waals surface area contributed by atoms with Crippen LogP contribution in [0, 0.1) is 6.92 Å². The molecule has 0 saturated heterocycles. The average Bonchev–Trinajstić information content (AvgIpc) is 2.32. The van der Waals surface area contributed by atoms with Gasteiger partial charge in [0.1, 0.15) is 0 Å². The highest BCUT2D eigenvalue weighted by atomic mass is 16.3. The number of aliphatic hydroxyl groups excluding tert-OH is 1. The molecule has 1 aromatic rings. The van der Waals surface area contributed by atoms with E-state index in [1.807, 2.05) is 6.92 Å². The molecule has 0 radical (unpaired) electrons. The molecule has 5 heteroatoms. The highest BCUT2D eigenvalue weighted by molar-refractivity contribution is 5.96. The number of nitrogens with one attached hydrogen (secondary N) is 1. The van der Waals surface area contributed by atoms with E-state index in [0.29, 0.717) is 23.4 Å². The standard InChI is InChI=1S/C12H19N3O2/c1-4-12(3,7-16)15-11(17)10-5-9(13)6-14-8(10)2/h5-6,16H,4,7,13H2,1-3H3,(H,15,17). The second kappa shape index (κ2) is 5.14. The number of rotatable bonds is 4. The number of aryl methyl sites for hydroxylation is 1. The number of carbonyl (C=O) groups is 1. The molecule has 94 valence electrons. The van der Waals surface area contributed by atoms with Crippen LogP contribution in [0.1, 0.15) is 36.3 Å². The maximum Gasteiger partial charge on any atom is 0.253 e. The van der Waals surface area contributed by atoms with Crippen LogP contribution in [0.5, 0.6) is 0 Å². The Hall–Kier alpha value is -1.62. The lowest BCUT2D eigenvalue weighted by atomic mass is 9.99. The minimum Gasteiger partial charge on any atom is -0.397 e. The first-order valence-electron chi connectivity index (χ1n) is 5.57. The van der Waals surface area contributed by atoms with E-state index in [4.69, 9.17) is 5.73 Å². The largest absolute Gasteiger partial charge is 0.397 e. The summed E-state index contributed by atoms with van der Waals surface area (Å²) in [5.41, 5.74) is 6.49. The van der Waals surface area contributed by atoms with E-state index in [2.05, 4.69) is 10.3 Å². The van der Waals surface area contributed by atoms with Gasteiger partial charge in [0.05, 0.1) is 35.3 Å². The van der Waals surface area contributed by atoms with E-state index in [9.17, 15) is 9.90 Å². The van der Waals surface area contributed by atoms with Crippen LogP contribution in [-0.4, -0.2) is 28.1 Å². The van der Waals surface area contributed by atoms with Crippen LogP contribution in [0.15, 0.2) is 12.3 Å². The number of hydrogen-bond donors (Lipinski definition) is 3. The van der Waals surface area contributed by atoms with Crippen molar-refractivity contribution in [1.82, 2.24) is 10.3 Å². The van der Waals surface area contributed by atoms with Gasteiger partial charge in [0.25, 0.3) is 5.91 Å². The normalized spacial score (nSPS) is 14.1. The molecule has 0 bridgehead atoms. The van der Waals surface area contributed by atoms with Gasteiger partial charge in [-0.05, 0) is 26.3 Å². The number of aliphatic hydroxyl groups is 1. The summed E-state index contributed by atoms with van der Waals surface area (Å²) in [5, 5.41) is 12.0. The third-order valence-corrected chi connectivity index (χ3v) is 2.90. The molecule has 17 heavy (non-hydrogen) atoms. The zero-order chi connectivity index (χ0) is 13.1. The predicted molar refractivity (Wildman–Crippen MR) is 66.6 cm³/mol. The Kier molecular flexibility index (Phi) is 4.07. The second-order valence-corrected chi connectivity index (χ2v) is 4.43. The van der Waals surface area contributed by atoms with Crippen LogP contribution in [-0.2, 0) is 0 Å². The molecule has 0 saturated carbocycles. The van der Waals surface area contributed by atoms with Crippen molar-refractivity contribution < 1.29 is 9.90 Å². The Morgan fingerprint density at radius 2 is 2.29 bits per heavy atom. The molecule has 4 N–H and O–H groups in total. The summed E-state index contributed by atoms with van der Waals surface area (Å²) >= 11 is 0. The molecular formula is C12H19N3O2. The van der Waals surface area contributed by atoms with E-state index >= 15 is 0 Å². The summed E-state index contributed by atoms with van der Waals surface area (Å²) in [6, 6.07) is 1.59. The lowest BCUT2D eigenvalue weighted by Gasteiger charge is -2.27. The van der Waals surface area contributed by atoms with E-state index in [1.165, 1.54) is 6.20 Å². The van der Waals surface area contributed by atoms with Crippen molar-refractivity contribution in [2.24, 2.45) is 0 Å². The van der Waals surface area contributed by atoms with Gasteiger partial charge < -0.3 is 16.2 Å². The molecular weight excluding hydrogens is 218 g/mol. The smallest absolute Gasteiger partial charge is 0.253 e. The van der Waals surface area contributed by atoms with Crippen molar-refractivity contribution in [2.45, 2.75) is 32.7 Å². The molecule has 0 spiro atoms. The minimum absolute atomic E-state index is 0.107. The molecule has 1 amide bonds. The van der Waals surface area contributed by atoms with Crippen LogP contribution in [0.25, 0.3) is 0 Å². The van der Waals surface area contributed by atoms with E-state index in [1.54, 1.807) is 19.9 Å². The lowest BCUT2D eigenvalue weighted by molar-refractivity contribution is 0.0846. The van der Waals surface area contributed by atoms with Crippen molar-refractivity contribution in [3.8, 4) is 0 Å². The quantitative estimate of drug-likeness (QED) is 0.724. The Morgan fingerprint density at radius 1 is 1.65 bits per heavy atom. The highest BCUT2D eigenvalue weighted by Crippen LogP contribution is 2.13. The van der Waals surface area contributed by atoms with Gasteiger partial charge >= 0.3 is 0 Å². The molecule has 0 fully saturated rings. The topological polar surface area (TPSA) is 88.2 Å². The molecule has 0 aliphatic heterocycles. The Morgan fingerprint density at radius 3 is 2.82 bits per heavy atom. The van der Waals surface area contributed by atoms with Crippen LogP contribution in [0.4, 0.5) is 5.69 Å². The molecule has 0 aliphatic carbocycles. The van der Waals surface area contributed by atoms with Crippen LogP contribution >= 0.6 is 0 Å². The fourth-order valence-corrected chi connectivity index (χ4v) is 1.36. The highest BCUT2D eigenvalue weighted by Gasteiger charge is 2.24. The summed E-state index contributed by atoms with van der Waals surface area (Å²) in [5.74, 6) is -0.263. The number of hydrogen-bond acceptors (Lipinski definition) is 4. The third kappa shape index (κ3) is 3.17. The summed E-state index contributed by atoms with van der Waals surface area (Å²) in [4.78, 5) is 16.1. The molecule has 1 atom stereocenters. The number of nitrogens with zero attached hydrogens (tertiary/aromatic N) is 1. The van der Waals surface area contributed by atoms with Gasteiger partial charge in [-0.2, -0.15) is 0 Å². The lowest BCUT2D eigenvalue weighted by Crippen LogP contribution is -2.48. The first kappa shape index (κ1) is 13.4. The van der Waals surface area contributed by atoms with Crippen molar-refractivity contribution in [3.05, 3.63) is 23.5 Å². The number of amides is 1. The first-order chi connectivity index (χ1) is 7.91. The van der Waals surface area contributed by atoms with Gasteiger partial charge in [0.15, 0.2) is 0 Å². The average molecular weight is 237 g/mol. The maximum absolute atomic E-state index is 12.0. The molecule has 5 nitrogen and oxygen atoms in total. The fourth-order valence-electron chi connectivity index (χ4n) is 1.36. The molecule has 1 heterocycles. The molecule has 1 unspecified atom stereocenters. The number of nitrogens with two attached hydrogens (primary N) is 1. The number of aromatic nitrogens is 1. The Bertz CT molecular complexity index is 414. The van der Waals surface area contributed by atoms with Crippen LogP contribution in [0.2, 0.25) is 0 Å². The number of pyridine rings is 1. The second-order valence-electron chi connectivity index (χ2n) is 4.43. The van der Waals surface area contributed by atoms with Crippen molar-refractivity contribution in [3.63, 3.8) is 0 Å². The summed E-state index contributed by atoms with van der Waals surface area (Å²) in [6.45, 7) is 5.33. The van der Waals surface area contributed by atoms with E-state index in [-0.39, 0.29) is 12.5 Å². The Labute approximate surface area is 101 Å². The number of anilines is 1. The number of carbonyl (C=O) groups excluding carboxylic acids is 1. The monoisotopic (exact) mass is 237 g/mol. The van der Waals surface area contributed by atoms with Gasteiger partial charge in [-0.3, -0.25) is 9.78 Å². The van der Waals surface area contributed by atoms with Crippen LogP contribution < -0.4 is 11.1 Å². The minimum atomic E-state index is -0.617. The molecule has 1 aromatic heterocycles. The summed E-state index contributed by atoms with van der Waals surface area (Å²) < 4.78 is 0. The number of nitrogen functional groups attached to an aromatic ring is 1. The van der Waals surface area contributed by atoms with Gasteiger partial charge in [-0.1, -0.05) is 6.92 Å².